The molecule has 5 rings (SSSR count). The average molecular weight is 472 g/mol. The van der Waals surface area contributed by atoms with Gasteiger partial charge in [-0.1, -0.05) is 30.3 Å². The number of nitrogens with zero attached hydrogens (tertiary/aromatic N) is 2. The van der Waals surface area contributed by atoms with Gasteiger partial charge in [-0.2, -0.15) is 0 Å². The lowest BCUT2D eigenvalue weighted by atomic mass is 10.0. The summed E-state index contributed by atoms with van der Waals surface area (Å²) in [5, 5.41) is 6.54. The van der Waals surface area contributed by atoms with Crippen LogP contribution in [0.3, 0.4) is 0 Å². The van der Waals surface area contributed by atoms with Crippen molar-refractivity contribution in [2.45, 2.75) is 12.5 Å². The Kier molecular flexibility index (Phi) is 6.16. The molecule has 0 aliphatic carbocycles. The molecule has 170 valence electrons. The SMILES string of the molecule is NC(CNc1nc(-c2ccncc2)c(-c2ccc(F)cc2)c(=O)[nH]1)Cc1csc2ccccc12. The summed E-state index contributed by atoms with van der Waals surface area (Å²) in [7, 11) is 0. The van der Waals surface area contributed by atoms with Crippen molar-refractivity contribution in [2.24, 2.45) is 5.73 Å². The highest BCUT2D eigenvalue weighted by Crippen LogP contribution is 2.29. The number of aromatic amines is 1. The van der Waals surface area contributed by atoms with Crippen LogP contribution in [0.1, 0.15) is 5.56 Å². The van der Waals surface area contributed by atoms with Crippen molar-refractivity contribution in [3.8, 4) is 22.4 Å². The summed E-state index contributed by atoms with van der Waals surface area (Å²) in [4.78, 5) is 24.6. The van der Waals surface area contributed by atoms with Gasteiger partial charge in [-0.05, 0) is 58.6 Å². The maximum atomic E-state index is 13.5. The summed E-state index contributed by atoms with van der Waals surface area (Å²) < 4.78 is 14.7. The lowest BCUT2D eigenvalue weighted by Gasteiger charge is -2.15. The van der Waals surface area contributed by atoms with Gasteiger partial charge in [-0.15, -0.1) is 11.3 Å². The van der Waals surface area contributed by atoms with E-state index in [9.17, 15) is 9.18 Å². The Hall–Kier alpha value is -3.88. The minimum Gasteiger partial charge on any atom is -0.354 e. The molecule has 0 bridgehead atoms. The number of benzene rings is 2. The van der Waals surface area contributed by atoms with Gasteiger partial charge in [-0.3, -0.25) is 14.8 Å². The van der Waals surface area contributed by atoms with E-state index in [0.29, 0.717) is 35.7 Å². The molecule has 0 saturated carbocycles. The number of hydrogen-bond donors (Lipinski definition) is 3. The number of thiophene rings is 1. The van der Waals surface area contributed by atoms with E-state index >= 15 is 0 Å². The summed E-state index contributed by atoms with van der Waals surface area (Å²) in [6.07, 6.45) is 3.98. The maximum absolute atomic E-state index is 13.5. The van der Waals surface area contributed by atoms with Crippen LogP contribution >= 0.6 is 11.3 Å². The molecule has 6 nitrogen and oxygen atoms in total. The zero-order valence-corrected chi connectivity index (χ0v) is 19.0. The van der Waals surface area contributed by atoms with E-state index in [1.54, 1.807) is 48.0 Å². The molecule has 34 heavy (non-hydrogen) atoms. The van der Waals surface area contributed by atoms with Crippen LogP contribution in [0.25, 0.3) is 32.5 Å². The van der Waals surface area contributed by atoms with Crippen molar-refractivity contribution in [3.05, 3.63) is 100 Å². The smallest absolute Gasteiger partial charge is 0.260 e. The Morgan fingerprint density at radius 2 is 1.79 bits per heavy atom. The standard InChI is InChI=1S/C26H22FN5OS/c27-19-7-5-16(6-8-19)23-24(17-9-11-29-12-10-17)31-26(32-25(23)33)30-14-20(28)13-18-15-34-22-4-2-1-3-21(18)22/h1-12,15,20H,13-14,28H2,(H2,30,31,32,33). The molecule has 0 aliphatic rings. The summed E-state index contributed by atoms with van der Waals surface area (Å²) in [5.41, 5.74) is 9.45. The van der Waals surface area contributed by atoms with Crippen LogP contribution in [0.4, 0.5) is 10.3 Å². The Bertz CT molecular complexity index is 1480. The van der Waals surface area contributed by atoms with E-state index in [2.05, 4.69) is 37.8 Å². The van der Waals surface area contributed by atoms with Gasteiger partial charge in [0.05, 0.1) is 11.3 Å². The second-order valence-corrected chi connectivity index (χ2v) is 8.89. The Labute approximate surface area is 199 Å². The van der Waals surface area contributed by atoms with Crippen LogP contribution in [0.2, 0.25) is 0 Å². The van der Waals surface area contributed by atoms with Gasteiger partial charge >= 0.3 is 0 Å². The van der Waals surface area contributed by atoms with Gasteiger partial charge in [0.1, 0.15) is 5.82 Å². The highest BCUT2D eigenvalue weighted by Gasteiger charge is 2.16. The van der Waals surface area contributed by atoms with Gasteiger partial charge in [0.25, 0.3) is 5.56 Å². The fourth-order valence-electron chi connectivity index (χ4n) is 3.93. The predicted octanol–water partition coefficient (Wildman–Crippen LogP) is 4.83. The molecule has 8 heteroatoms. The second-order valence-electron chi connectivity index (χ2n) is 7.98. The lowest BCUT2D eigenvalue weighted by molar-refractivity contribution is 0.628. The number of aromatic nitrogens is 3. The third kappa shape index (κ3) is 4.59. The molecule has 1 atom stereocenters. The van der Waals surface area contributed by atoms with Gasteiger partial charge in [0, 0.05) is 35.2 Å². The normalized spacial score (nSPS) is 12.1. The molecule has 0 aliphatic heterocycles. The molecule has 3 aromatic heterocycles. The predicted molar refractivity (Wildman–Crippen MR) is 135 cm³/mol. The van der Waals surface area contributed by atoms with Gasteiger partial charge in [0.2, 0.25) is 5.95 Å². The van der Waals surface area contributed by atoms with E-state index in [1.807, 2.05) is 12.1 Å². The van der Waals surface area contributed by atoms with Crippen molar-refractivity contribution >= 4 is 27.4 Å². The van der Waals surface area contributed by atoms with E-state index in [-0.39, 0.29) is 17.4 Å². The summed E-state index contributed by atoms with van der Waals surface area (Å²) in [6, 6.07) is 17.4. The zero-order valence-electron chi connectivity index (χ0n) is 18.2. The van der Waals surface area contributed by atoms with Crippen molar-refractivity contribution in [1.82, 2.24) is 15.0 Å². The molecule has 5 aromatic rings. The molecule has 4 N–H and O–H groups in total. The van der Waals surface area contributed by atoms with Crippen LogP contribution < -0.4 is 16.6 Å². The van der Waals surface area contributed by atoms with Crippen molar-refractivity contribution in [3.63, 3.8) is 0 Å². The molecule has 0 fully saturated rings. The van der Waals surface area contributed by atoms with Crippen LogP contribution in [0.15, 0.2) is 83.2 Å². The average Bonchev–Trinajstić information content (AvgIpc) is 3.26. The van der Waals surface area contributed by atoms with Gasteiger partial charge in [0.15, 0.2) is 0 Å². The number of pyridine rings is 1. The largest absolute Gasteiger partial charge is 0.354 e. The minimum atomic E-state index is -0.371. The zero-order chi connectivity index (χ0) is 23.5. The topological polar surface area (TPSA) is 96.7 Å². The van der Waals surface area contributed by atoms with Crippen molar-refractivity contribution in [2.75, 3.05) is 11.9 Å². The molecule has 3 heterocycles. The quantitative estimate of drug-likeness (QED) is 0.316. The van der Waals surface area contributed by atoms with Gasteiger partial charge in [-0.25, -0.2) is 9.37 Å². The number of fused-ring (bicyclic) bond motifs is 1. The number of nitrogens with two attached hydrogens (primary N) is 1. The van der Waals surface area contributed by atoms with E-state index in [1.165, 1.54) is 27.8 Å². The van der Waals surface area contributed by atoms with E-state index < -0.39 is 0 Å². The summed E-state index contributed by atoms with van der Waals surface area (Å²) in [5.74, 6) is -0.0439. The molecular formula is C26H22FN5OS. The second kappa shape index (κ2) is 9.54. The molecule has 0 radical (unpaired) electrons. The van der Waals surface area contributed by atoms with Crippen molar-refractivity contribution in [1.29, 1.82) is 0 Å². The first-order valence-electron chi connectivity index (χ1n) is 10.8. The number of hydrogen-bond acceptors (Lipinski definition) is 6. The number of H-pyrrole nitrogens is 1. The highest BCUT2D eigenvalue weighted by atomic mass is 32.1. The maximum Gasteiger partial charge on any atom is 0.260 e. The summed E-state index contributed by atoms with van der Waals surface area (Å²) >= 11 is 1.71. The van der Waals surface area contributed by atoms with Crippen LogP contribution in [0.5, 0.6) is 0 Å². The molecule has 1 unspecified atom stereocenters. The fraction of sp³-hybridized carbons (Fsp3) is 0.115. The Balaban J connectivity index is 1.41. The van der Waals surface area contributed by atoms with Crippen LogP contribution in [0, 0.1) is 5.82 Å². The number of rotatable bonds is 7. The minimum absolute atomic E-state index is 0.176. The van der Waals surface area contributed by atoms with Gasteiger partial charge < -0.3 is 11.1 Å². The molecule has 0 spiro atoms. The fourth-order valence-corrected chi connectivity index (χ4v) is 4.91. The van der Waals surface area contributed by atoms with E-state index in [4.69, 9.17) is 5.73 Å². The first-order chi connectivity index (χ1) is 16.6. The first-order valence-corrected chi connectivity index (χ1v) is 11.7. The monoisotopic (exact) mass is 471 g/mol. The Morgan fingerprint density at radius 3 is 2.59 bits per heavy atom. The number of anilines is 1. The number of halogens is 1. The first kappa shape index (κ1) is 21.9. The highest BCUT2D eigenvalue weighted by molar-refractivity contribution is 7.17. The van der Waals surface area contributed by atoms with Crippen molar-refractivity contribution < 1.29 is 4.39 Å². The third-order valence-corrected chi connectivity index (χ3v) is 6.59. The Morgan fingerprint density at radius 1 is 1.03 bits per heavy atom. The van der Waals surface area contributed by atoms with E-state index in [0.717, 1.165) is 5.56 Å². The lowest BCUT2D eigenvalue weighted by Crippen LogP contribution is -2.32. The summed E-state index contributed by atoms with van der Waals surface area (Å²) in [6.45, 7) is 0.429. The van der Waals surface area contributed by atoms with Crippen LogP contribution in [-0.2, 0) is 6.42 Å². The third-order valence-electron chi connectivity index (χ3n) is 5.58. The van der Waals surface area contributed by atoms with Crippen LogP contribution in [-0.4, -0.2) is 27.5 Å². The molecule has 0 amide bonds. The molecular weight excluding hydrogens is 449 g/mol. The molecule has 0 saturated heterocycles. The number of nitrogens with one attached hydrogen (secondary N) is 2. The molecule has 2 aromatic carbocycles.